The van der Waals surface area contributed by atoms with E-state index in [1.165, 1.54) is 0 Å². The van der Waals surface area contributed by atoms with Crippen LogP contribution in [0.1, 0.15) is 40.5 Å². The number of carbonyl (C=O) groups is 1. The predicted molar refractivity (Wildman–Crippen MR) is 68.6 cm³/mol. The Morgan fingerprint density at radius 1 is 1.53 bits per heavy atom. The third-order valence-corrected chi connectivity index (χ3v) is 3.26. The number of hydrogen-bond acceptors (Lipinski definition) is 3. The van der Waals surface area contributed by atoms with E-state index < -0.39 is 0 Å². The molecule has 1 fully saturated rings. The molecule has 0 aromatic carbocycles. The first-order chi connectivity index (χ1) is 7.95. The Labute approximate surface area is 104 Å². The lowest BCUT2D eigenvalue weighted by Gasteiger charge is -2.39. The Balaban J connectivity index is 2.63. The second-order valence-corrected chi connectivity index (χ2v) is 5.43. The van der Waals surface area contributed by atoms with E-state index in [0.717, 1.165) is 12.8 Å². The molecule has 3 atom stereocenters. The third-order valence-electron chi connectivity index (χ3n) is 3.26. The van der Waals surface area contributed by atoms with E-state index >= 15 is 0 Å². The summed E-state index contributed by atoms with van der Waals surface area (Å²) in [5, 5.41) is 0. The number of ether oxygens (including phenoxy) is 1. The lowest BCUT2D eigenvalue weighted by molar-refractivity contribution is -0.146. The highest BCUT2D eigenvalue weighted by Crippen LogP contribution is 2.17. The van der Waals surface area contributed by atoms with Crippen LogP contribution in [0.5, 0.6) is 0 Å². The molecule has 0 aliphatic carbocycles. The fourth-order valence-corrected chi connectivity index (χ4v) is 2.27. The average molecular weight is 242 g/mol. The first-order valence-electron chi connectivity index (χ1n) is 6.63. The fraction of sp³-hybridized carbons (Fsp3) is 0.923. The molecule has 0 radical (unpaired) electrons. The van der Waals surface area contributed by atoms with Gasteiger partial charge >= 0.3 is 0 Å². The van der Waals surface area contributed by atoms with Crippen LogP contribution in [0.15, 0.2) is 0 Å². The Morgan fingerprint density at radius 2 is 2.18 bits per heavy atom. The Morgan fingerprint density at radius 3 is 2.71 bits per heavy atom. The highest BCUT2D eigenvalue weighted by molar-refractivity contribution is 5.82. The summed E-state index contributed by atoms with van der Waals surface area (Å²) >= 11 is 0. The van der Waals surface area contributed by atoms with Gasteiger partial charge in [0.2, 0.25) is 5.91 Å². The molecular weight excluding hydrogens is 216 g/mol. The molecule has 100 valence electrons. The van der Waals surface area contributed by atoms with Gasteiger partial charge in [0.05, 0.1) is 24.8 Å². The smallest absolute Gasteiger partial charge is 0.239 e. The van der Waals surface area contributed by atoms with Gasteiger partial charge in [-0.25, -0.2) is 0 Å². The van der Waals surface area contributed by atoms with E-state index in [1.807, 2.05) is 11.8 Å². The molecule has 1 heterocycles. The fourth-order valence-electron chi connectivity index (χ4n) is 2.27. The predicted octanol–water partition coefficient (Wildman–Crippen LogP) is 1.39. The molecule has 1 amide bonds. The van der Waals surface area contributed by atoms with Gasteiger partial charge in [0.15, 0.2) is 0 Å². The van der Waals surface area contributed by atoms with Crippen molar-refractivity contribution in [1.82, 2.24) is 4.90 Å². The van der Waals surface area contributed by atoms with Crippen LogP contribution < -0.4 is 5.73 Å². The minimum absolute atomic E-state index is 0.0840. The van der Waals surface area contributed by atoms with Gasteiger partial charge < -0.3 is 15.4 Å². The quantitative estimate of drug-likeness (QED) is 0.810. The zero-order valence-electron chi connectivity index (χ0n) is 11.5. The second-order valence-electron chi connectivity index (χ2n) is 5.43. The van der Waals surface area contributed by atoms with Crippen LogP contribution in [0.2, 0.25) is 0 Å². The van der Waals surface area contributed by atoms with Crippen molar-refractivity contribution in [2.24, 2.45) is 11.7 Å². The van der Waals surface area contributed by atoms with Crippen LogP contribution in [0.4, 0.5) is 0 Å². The Kier molecular flexibility index (Phi) is 5.40. The largest absolute Gasteiger partial charge is 0.375 e. The first-order valence-corrected chi connectivity index (χ1v) is 6.63. The summed E-state index contributed by atoms with van der Waals surface area (Å²) in [5.41, 5.74) is 5.98. The van der Waals surface area contributed by atoms with Gasteiger partial charge in [0.1, 0.15) is 0 Å². The van der Waals surface area contributed by atoms with Crippen LogP contribution >= 0.6 is 0 Å². The van der Waals surface area contributed by atoms with Gasteiger partial charge in [-0.15, -0.1) is 0 Å². The minimum Gasteiger partial charge on any atom is -0.375 e. The van der Waals surface area contributed by atoms with Crippen LogP contribution in [0, 0.1) is 5.92 Å². The summed E-state index contributed by atoms with van der Waals surface area (Å²) < 4.78 is 5.59. The number of hydrogen-bond donors (Lipinski definition) is 1. The van der Waals surface area contributed by atoms with Gasteiger partial charge in [0, 0.05) is 6.54 Å². The highest BCUT2D eigenvalue weighted by Gasteiger charge is 2.32. The maximum atomic E-state index is 12.3. The van der Waals surface area contributed by atoms with E-state index in [2.05, 4.69) is 20.8 Å². The summed E-state index contributed by atoms with van der Waals surface area (Å²) in [6.07, 6.45) is 1.79. The molecule has 0 aromatic rings. The lowest BCUT2D eigenvalue weighted by atomic mass is 10.0. The van der Waals surface area contributed by atoms with E-state index in [1.54, 1.807) is 0 Å². The van der Waals surface area contributed by atoms with E-state index in [0.29, 0.717) is 19.1 Å². The molecular formula is C13H26N2O2. The van der Waals surface area contributed by atoms with Crippen molar-refractivity contribution < 1.29 is 9.53 Å². The summed E-state index contributed by atoms with van der Waals surface area (Å²) in [7, 11) is 0. The van der Waals surface area contributed by atoms with E-state index in [-0.39, 0.29) is 24.1 Å². The monoisotopic (exact) mass is 242 g/mol. The second kappa shape index (κ2) is 6.36. The molecule has 2 unspecified atom stereocenters. The average Bonchev–Trinajstić information content (AvgIpc) is 2.27. The normalized spacial score (nSPS) is 27.3. The van der Waals surface area contributed by atoms with Crippen molar-refractivity contribution in [3.63, 3.8) is 0 Å². The molecule has 2 N–H and O–H groups in total. The standard InChI is InChI=1S/C13H26N2O2/c1-5-11-8-17-10(4)7-15(11)13(16)12(14)6-9(2)3/h9-12H,5-8,14H2,1-4H3/t10?,11?,12-/m1/s1. The number of carbonyl (C=O) groups excluding carboxylic acids is 1. The van der Waals surface area contributed by atoms with Crippen LogP contribution in [0.3, 0.4) is 0 Å². The van der Waals surface area contributed by atoms with Crippen LogP contribution in [0.25, 0.3) is 0 Å². The van der Waals surface area contributed by atoms with Crippen molar-refractivity contribution in [3.8, 4) is 0 Å². The Hall–Kier alpha value is -0.610. The molecule has 4 nitrogen and oxygen atoms in total. The molecule has 1 rings (SSSR count). The molecule has 4 heteroatoms. The number of amides is 1. The number of morpholine rings is 1. The molecule has 0 aromatic heterocycles. The number of nitrogens with two attached hydrogens (primary N) is 1. The molecule has 1 aliphatic heterocycles. The van der Waals surface area contributed by atoms with Gasteiger partial charge in [-0.05, 0) is 25.7 Å². The summed E-state index contributed by atoms with van der Waals surface area (Å²) in [4.78, 5) is 14.2. The number of nitrogens with zero attached hydrogens (tertiary/aromatic N) is 1. The molecule has 0 spiro atoms. The van der Waals surface area contributed by atoms with Gasteiger partial charge in [0.25, 0.3) is 0 Å². The summed E-state index contributed by atoms with van der Waals surface area (Å²) in [6, 6.07) is -0.175. The van der Waals surface area contributed by atoms with E-state index in [9.17, 15) is 4.79 Å². The minimum atomic E-state index is -0.366. The summed E-state index contributed by atoms with van der Waals surface area (Å²) in [6.45, 7) is 9.57. The zero-order valence-corrected chi connectivity index (χ0v) is 11.5. The van der Waals surface area contributed by atoms with Gasteiger partial charge in [-0.2, -0.15) is 0 Å². The Bertz CT molecular complexity index is 256. The molecule has 0 bridgehead atoms. The van der Waals surface area contributed by atoms with Crippen molar-refractivity contribution in [1.29, 1.82) is 0 Å². The number of rotatable bonds is 4. The van der Waals surface area contributed by atoms with Gasteiger partial charge in [-0.1, -0.05) is 20.8 Å². The maximum Gasteiger partial charge on any atom is 0.239 e. The van der Waals surface area contributed by atoms with Crippen molar-refractivity contribution >= 4 is 5.91 Å². The molecule has 1 aliphatic rings. The lowest BCUT2D eigenvalue weighted by Crippen LogP contribution is -2.56. The highest BCUT2D eigenvalue weighted by atomic mass is 16.5. The molecule has 1 saturated heterocycles. The van der Waals surface area contributed by atoms with Crippen LogP contribution in [-0.4, -0.2) is 42.1 Å². The first kappa shape index (κ1) is 14.5. The third kappa shape index (κ3) is 3.96. The van der Waals surface area contributed by atoms with Crippen molar-refractivity contribution in [2.45, 2.75) is 58.7 Å². The van der Waals surface area contributed by atoms with E-state index in [4.69, 9.17) is 10.5 Å². The van der Waals surface area contributed by atoms with Crippen molar-refractivity contribution in [2.75, 3.05) is 13.2 Å². The summed E-state index contributed by atoms with van der Waals surface area (Å²) in [5.74, 6) is 0.535. The topological polar surface area (TPSA) is 55.6 Å². The molecule has 17 heavy (non-hydrogen) atoms. The van der Waals surface area contributed by atoms with Gasteiger partial charge in [-0.3, -0.25) is 4.79 Å². The SMILES string of the molecule is CCC1COC(C)CN1C(=O)[C@H](N)CC(C)C. The van der Waals surface area contributed by atoms with Crippen molar-refractivity contribution in [3.05, 3.63) is 0 Å². The molecule has 0 saturated carbocycles. The zero-order chi connectivity index (χ0) is 13.0. The maximum absolute atomic E-state index is 12.3. The van der Waals surface area contributed by atoms with Crippen LogP contribution in [-0.2, 0) is 9.53 Å².